The lowest BCUT2D eigenvalue weighted by molar-refractivity contribution is 0.0528. The van der Waals surface area contributed by atoms with Gasteiger partial charge < -0.3 is 14.2 Å². The normalized spacial score (nSPS) is 11.7. The predicted octanol–water partition coefficient (Wildman–Crippen LogP) is 11.9. The van der Waals surface area contributed by atoms with Gasteiger partial charge in [0.15, 0.2) is 0 Å². The number of ether oxygens (including phenoxy) is 3. The number of nitrogens with one attached hydrogen (secondary N) is 1. The third-order valence-corrected chi connectivity index (χ3v) is 7.80. The molecule has 0 radical (unpaired) electrons. The molecule has 2 aromatic rings. The summed E-state index contributed by atoms with van der Waals surface area (Å²) in [6.45, 7) is 9.17. The van der Waals surface area contributed by atoms with Crippen molar-refractivity contribution in [1.29, 1.82) is 0 Å². The molecule has 1 amide bonds. The van der Waals surface area contributed by atoms with Crippen molar-refractivity contribution in [3.05, 3.63) is 59.7 Å². The van der Waals surface area contributed by atoms with E-state index in [0.717, 1.165) is 37.7 Å². The fourth-order valence-corrected chi connectivity index (χ4v) is 5.10. The minimum absolute atomic E-state index is 0.302. The van der Waals surface area contributed by atoms with Gasteiger partial charge in [-0.05, 0) is 48.4 Å². The summed E-state index contributed by atoms with van der Waals surface area (Å²) in [5, 5.41) is 2.72. The molecule has 0 saturated carbocycles. The molecule has 0 spiro atoms. The Bertz CT molecular complexity index is 1020. The van der Waals surface area contributed by atoms with Crippen molar-refractivity contribution in [1.82, 2.24) is 0 Å². The molecule has 0 saturated heterocycles. The second-order valence-corrected chi connectivity index (χ2v) is 12.0. The molecule has 0 aliphatic carbocycles. The Labute approximate surface area is 261 Å². The molecule has 6 nitrogen and oxygen atoms in total. The Morgan fingerprint density at radius 2 is 1.26 bits per heavy atom. The second-order valence-electron chi connectivity index (χ2n) is 12.0. The molecule has 0 bridgehead atoms. The molecular formula is C37H57NO5. The Kier molecular flexibility index (Phi) is 18.9. The zero-order valence-corrected chi connectivity index (χ0v) is 27.3. The van der Waals surface area contributed by atoms with Crippen LogP contribution in [-0.2, 0) is 9.47 Å². The molecule has 1 N–H and O–H groups in total. The topological polar surface area (TPSA) is 73.9 Å². The fraction of sp³-hybridized carbons (Fsp3) is 0.622. The largest absolute Gasteiger partial charge is 0.514 e. The van der Waals surface area contributed by atoms with Gasteiger partial charge in [0, 0.05) is 11.8 Å². The number of carbonyl (C=O) groups excluding carboxylic acids is 2. The monoisotopic (exact) mass is 595 g/mol. The van der Waals surface area contributed by atoms with Crippen LogP contribution in [0.1, 0.15) is 154 Å². The zero-order chi connectivity index (χ0) is 31.1. The van der Waals surface area contributed by atoms with Crippen LogP contribution in [0.5, 0.6) is 5.75 Å². The Morgan fingerprint density at radius 3 is 1.86 bits per heavy atom. The molecule has 240 valence electrons. The number of rotatable bonds is 22. The van der Waals surface area contributed by atoms with Gasteiger partial charge in [-0.1, -0.05) is 141 Å². The minimum Gasteiger partial charge on any atom is -0.449 e. The first kappa shape index (κ1) is 36.2. The van der Waals surface area contributed by atoms with Gasteiger partial charge in [-0.15, -0.1) is 0 Å². The first-order chi connectivity index (χ1) is 20.9. The van der Waals surface area contributed by atoms with E-state index in [1.807, 2.05) is 0 Å². The molecule has 2 rings (SSSR count). The van der Waals surface area contributed by atoms with Crippen molar-refractivity contribution >= 4 is 17.9 Å². The predicted molar refractivity (Wildman–Crippen MR) is 177 cm³/mol. The number of benzene rings is 2. The highest BCUT2D eigenvalue weighted by Crippen LogP contribution is 2.28. The maximum Gasteiger partial charge on any atom is 0.514 e. The van der Waals surface area contributed by atoms with Gasteiger partial charge in [0.05, 0.1) is 6.61 Å². The summed E-state index contributed by atoms with van der Waals surface area (Å²) in [5.74, 6) is 0.737. The van der Waals surface area contributed by atoms with E-state index in [1.54, 1.807) is 24.3 Å². The maximum absolute atomic E-state index is 12.9. The molecule has 1 unspecified atom stereocenters. The summed E-state index contributed by atoms with van der Waals surface area (Å²) in [5.41, 5.74) is 2.72. The van der Waals surface area contributed by atoms with E-state index < -0.39 is 12.2 Å². The standard InChI is InChI=1S/C37H57NO5/c1-5-7-9-11-13-15-17-19-28-41-36(39)38-33-21-20-22-34(29-33)42-37(40)43-35(23-18-16-14-12-10-8-6-2)32-26-24-31(25-27-32)30(3)4/h20-22,24-27,29-30,35H,5-19,23,28H2,1-4H3,(H,38,39). The molecule has 0 aromatic heterocycles. The van der Waals surface area contributed by atoms with E-state index in [4.69, 9.17) is 14.2 Å². The van der Waals surface area contributed by atoms with Gasteiger partial charge in [-0.2, -0.15) is 0 Å². The molecule has 0 aliphatic rings. The SMILES string of the molecule is CCCCCCCCCCOC(=O)Nc1cccc(OC(=O)OC(CCCCCCCCC)c2ccc(C(C)C)cc2)c1. The molecule has 0 aliphatic heterocycles. The van der Waals surface area contributed by atoms with Gasteiger partial charge in [0.2, 0.25) is 0 Å². The number of unbranched alkanes of at least 4 members (excludes halogenated alkanes) is 13. The summed E-state index contributed by atoms with van der Waals surface area (Å²) < 4.78 is 16.7. The van der Waals surface area contributed by atoms with Crippen LogP contribution in [0.3, 0.4) is 0 Å². The number of anilines is 1. The number of hydrogen-bond donors (Lipinski definition) is 1. The lowest BCUT2D eigenvalue weighted by Crippen LogP contribution is -2.16. The summed E-state index contributed by atoms with van der Waals surface area (Å²) in [6, 6.07) is 15.0. The fourth-order valence-electron chi connectivity index (χ4n) is 5.10. The van der Waals surface area contributed by atoms with E-state index in [1.165, 1.54) is 76.2 Å². The number of amides is 1. The van der Waals surface area contributed by atoms with E-state index in [0.29, 0.717) is 24.0 Å². The van der Waals surface area contributed by atoms with Crippen LogP contribution in [0.4, 0.5) is 15.3 Å². The molecule has 6 heteroatoms. The average molecular weight is 596 g/mol. The quantitative estimate of drug-likeness (QED) is 0.0832. The third-order valence-electron chi connectivity index (χ3n) is 7.80. The summed E-state index contributed by atoms with van der Waals surface area (Å²) >= 11 is 0. The maximum atomic E-state index is 12.9. The van der Waals surface area contributed by atoms with E-state index in [-0.39, 0.29) is 6.10 Å². The highest BCUT2D eigenvalue weighted by atomic mass is 16.7. The summed E-state index contributed by atoms with van der Waals surface area (Å²) in [4.78, 5) is 25.1. The van der Waals surface area contributed by atoms with E-state index >= 15 is 0 Å². The van der Waals surface area contributed by atoms with Gasteiger partial charge in [-0.3, -0.25) is 5.32 Å². The molecular weight excluding hydrogens is 538 g/mol. The highest BCUT2D eigenvalue weighted by Gasteiger charge is 2.19. The third kappa shape index (κ3) is 16.4. The highest BCUT2D eigenvalue weighted by molar-refractivity contribution is 5.85. The first-order valence-electron chi connectivity index (χ1n) is 16.9. The van der Waals surface area contributed by atoms with E-state index in [2.05, 4.69) is 57.3 Å². The molecule has 2 aromatic carbocycles. The van der Waals surface area contributed by atoms with Crippen molar-refractivity contribution < 1.29 is 23.8 Å². The Balaban J connectivity index is 1.83. The van der Waals surface area contributed by atoms with Crippen molar-refractivity contribution in [2.24, 2.45) is 0 Å². The van der Waals surface area contributed by atoms with Crippen LogP contribution < -0.4 is 10.1 Å². The summed E-state index contributed by atoms with van der Waals surface area (Å²) in [6.07, 6.45) is 17.0. The van der Waals surface area contributed by atoms with Crippen LogP contribution in [0, 0.1) is 0 Å². The Morgan fingerprint density at radius 1 is 0.698 bits per heavy atom. The first-order valence-corrected chi connectivity index (χ1v) is 16.9. The van der Waals surface area contributed by atoms with Crippen molar-refractivity contribution in [3.8, 4) is 5.75 Å². The van der Waals surface area contributed by atoms with Gasteiger partial charge in [0.25, 0.3) is 0 Å². The lowest BCUT2D eigenvalue weighted by Gasteiger charge is -2.19. The van der Waals surface area contributed by atoms with Gasteiger partial charge in [-0.25, -0.2) is 9.59 Å². The van der Waals surface area contributed by atoms with E-state index in [9.17, 15) is 9.59 Å². The van der Waals surface area contributed by atoms with Crippen molar-refractivity contribution in [2.45, 2.75) is 142 Å². The minimum atomic E-state index is -0.754. The van der Waals surface area contributed by atoms with Crippen LogP contribution in [0.15, 0.2) is 48.5 Å². The lowest BCUT2D eigenvalue weighted by atomic mass is 9.97. The average Bonchev–Trinajstić information content (AvgIpc) is 2.99. The summed E-state index contributed by atoms with van der Waals surface area (Å²) in [7, 11) is 0. The Hall–Kier alpha value is -3.02. The second kappa shape index (κ2) is 22.5. The molecule has 0 fully saturated rings. The molecule has 1 atom stereocenters. The van der Waals surface area contributed by atoms with Gasteiger partial charge >= 0.3 is 12.2 Å². The zero-order valence-electron chi connectivity index (χ0n) is 27.3. The number of hydrogen-bond acceptors (Lipinski definition) is 5. The van der Waals surface area contributed by atoms with Gasteiger partial charge in [0.1, 0.15) is 11.9 Å². The molecule has 43 heavy (non-hydrogen) atoms. The number of carbonyl (C=O) groups is 2. The van der Waals surface area contributed by atoms with Crippen LogP contribution in [0.25, 0.3) is 0 Å². The van der Waals surface area contributed by atoms with Crippen LogP contribution >= 0.6 is 0 Å². The van der Waals surface area contributed by atoms with Crippen molar-refractivity contribution in [2.75, 3.05) is 11.9 Å². The smallest absolute Gasteiger partial charge is 0.449 e. The molecule has 0 heterocycles. The van der Waals surface area contributed by atoms with Crippen LogP contribution in [-0.4, -0.2) is 18.9 Å². The van der Waals surface area contributed by atoms with Crippen LogP contribution in [0.2, 0.25) is 0 Å². The van der Waals surface area contributed by atoms with Crippen molar-refractivity contribution in [3.63, 3.8) is 0 Å².